The Kier molecular flexibility index (Phi) is 4.69. The Balaban J connectivity index is 2.83. The van der Waals surface area contributed by atoms with Crippen molar-refractivity contribution in [1.29, 1.82) is 0 Å². The molecule has 0 bridgehead atoms. The van der Waals surface area contributed by atoms with Gasteiger partial charge in [0.25, 0.3) is 5.91 Å². The molecule has 1 aliphatic rings. The summed E-state index contributed by atoms with van der Waals surface area (Å²) in [7, 11) is 1.44. The van der Waals surface area contributed by atoms with E-state index in [1.54, 1.807) is 6.08 Å². The van der Waals surface area contributed by atoms with E-state index in [-0.39, 0.29) is 24.5 Å². The van der Waals surface area contributed by atoms with Crippen LogP contribution in [0.3, 0.4) is 0 Å². The second-order valence-corrected chi connectivity index (χ2v) is 4.35. The van der Waals surface area contributed by atoms with Crippen molar-refractivity contribution in [2.75, 3.05) is 13.7 Å². The number of carbonyl (C=O) groups is 2. The highest BCUT2D eigenvalue weighted by molar-refractivity contribution is 5.96. The van der Waals surface area contributed by atoms with Gasteiger partial charge in [-0.25, -0.2) is 9.69 Å². The SMILES string of the molecule is C=CC[C@@H](OC)C(=O)N1C(=O)OC[C@@H]1C(C)C. The van der Waals surface area contributed by atoms with Gasteiger partial charge >= 0.3 is 6.09 Å². The van der Waals surface area contributed by atoms with Gasteiger partial charge in [0.05, 0.1) is 6.04 Å². The molecule has 1 rings (SSSR count). The minimum Gasteiger partial charge on any atom is -0.447 e. The van der Waals surface area contributed by atoms with E-state index < -0.39 is 12.2 Å². The highest BCUT2D eigenvalue weighted by Crippen LogP contribution is 2.21. The number of hydrogen-bond donors (Lipinski definition) is 0. The van der Waals surface area contributed by atoms with Crippen LogP contribution in [0.25, 0.3) is 0 Å². The fourth-order valence-corrected chi connectivity index (χ4v) is 1.78. The molecule has 0 aromatic rings. The third kappa shape index (κ3) is 2.85. The molecule has 0 saturated carbocycles. The number of cyclic esters (lactones) is 1. The molecule has 17 heavy (non-hydrogen) atoms. The second kappa shape index (κ2) is 5.82. The van der Waals surface area contributed by atoms with E-state index in [9.17, 15) is 9.59 Å². The van der Waals surface area contributed by atoms with E-state index in [2.05, 4.69) is 6.58 Å². The Hall–Kier alpha value is -1.36. The van der Waals surface area contributed by atoms with Gasteiger partial charge in [-0.15, -0.1) is 6.58 Å². The molecule has 96 valence electrons. The van der Waals surface area contributed by atoms with Crippen molar-refractivity contribution < 1.29 is 19.1 Å². The monoisotopic (exact) mass is 241 g/mol. The van der Waals surface area contributed by atoms with Crippen molar-refractivity contribution in [3.05, 3.63) is 12.7 Å². The van der Waals surface area contributed by atoms with Crippen LogP contribution in [-0.4, -0.2) is 42.8 Å². The molecule has 5 heteroatoms. The van der Waals surface area contributed by atoms with Crippen LogP contribution in [0.1, 0.15) is 20.3 Å². The summed E-state index contributed by atoms with van der Waals surface area (Å²) in [6.45, 7) is 7.71. The fourth-order valence-electron chi connectivity index (χ4n) is 1.78. The molecule has 1 heterocycles. The largest absolute Gasteiger partial charge is 0.447 e. The molecule has 1 aliphatic heterocycles. The average molecular weight is 241 g/mol. The van der Waals surface area contributed by atoms with Gasteiger partial charge in [-0.3, -0.25) is 4.79 Å². The van der Waals surface area contributed by atoms with Gasteiger partial charge in [-0.1, -0.05) is 19.9 Å². The number of ether oxygens (including phenoxy) is 2. The molecule has 0 aromatic heterocycles. The predicted molar refractivity (Wildman–Crippen MR) is 62.4 cm³/mol. The zero-order chi connectivity index (χ0) is 13.0. The van der Waals surface area contributed by atoms with Crippen molar-refractivity contribution in [3.8, 4) is 0 Å². The maximum atomic E-state index is 12.1. The number of methoxy groups -OCH3 is 1. The lowest BCUT2D eigenvalue weighted by Gasteiger charge is -2.25. The van der Waals surface area contributed by atoms with E-state index in [1.165, 1.54) is 12.0 Å². The molecule has 1 saturated heterocycles. The van der Waals surface area contributed by atoms with E-state index in [1.807, 2.05) is 13.8 Å². The molecule has 2 atom stereocenters. The lowest BCUT2D eigenvalue weighted by Crippen LogP contribution is -2.47. The molecular formula is C12H19NO4. The van der Waals surface area contributed by atoms with Crippen molar-refractivity contribution >= 4 is 12.0 Å². The first-order valence-corrected chi connectivity index (χ1v) is 5.66. The predicted octanol–water partition coefficient (Wildman–Crippen LogP) is 1.58. The molecule has 0 N–H and O–H groups in total. The fraction of sp³-hybridized carbons (Fsp3) is 0.667. The van der Waals surface area contributed by atoms with Crippen molar-refractivity contribution in [3.63, 3.8) is 0 Å². The van der Waals surface area contributed by atoms with Gasteiger partial charge in [-0.2, -0.15) is 0 Å². The quantitative estimate of drug-likeness (QED) is 0.686. The topological polar surface area (TPSA) is 55.8 Å². The number of hydrogen-bond acceptors (Lipinski definition) is 4. The second-order valence-electron chi connectivity index (χ2n) is 4.35. The van der Waals surface area contributed by atoms with E-state index >= 15 is 0 Å². The number of carbonyl (C=O) groups excluding carboxylic acids is 2. The van der Waals surface area contributed by atoms with Crippen LogP contribution in [0.15, 0.2) is 12.7 Å². The van der Waals surface area contributed by atoms with Gasteiger partial charge in [0.15, 0.2) is 0 Å². The summed E-state index contributed by atoms with van der Waals surface area (Å²) < 4.78 is 9.99. The first-order valence-electron chi connectivity index (χ1n) is 5.66. The zero-order valence-electron chi connectivity index (χ0n) is 10.5. The first-order chi connectivity index (χ1) is 8.02. The Morgan fingerprint density at radius 1 is 1.71 bits per heavy atom. The van der Waals surface area contributed by atoms with Crippen LogP contribution in [0.5, 0.6) is 0 Å². The third-order valence-corrected chi connectivity index (χ3v) is 2.85. The molecule has 0 unspecified atom stereocenters. The van der Waals surface area contributed by atoms with Crippen molar-refractivity contribution in [1.82, 2.24) is 4.90 Å². The molecule has 0 radical (unpaired) electrons. The lowest BCUT2D eigenvalue weighted by atomic mass is 10.0. The van der Waals surface area contributed by atoms with Gasteiger partial charge in [0.1, 0.15) is 12.7 Å². The smallest absolute Gasteiger partial charge is 0.417 e. The normalized spacial score (nSPS) is 21.5. The number of amides is 2. The van der Waals surface area contributed by atoms with Gasteiger partial charge in [0, 0.05) is 13.5 Å². The van der Waals surface area contributed by atoms with E-state index in [0.717, 1.165) is 0 Å². The zero-order valence-corrected chi connectivity index (χ0v) is 10.5. The summed E-state index contributed by atoms with van der Waals surface area (Å²) in [5.41, 5.74) is 0. The van der Waals surface area contributed by atoms with Gasteiger partial charge in [-0.05, 0) is 5.92 Å². The van der Waals surface area contributed by atoms with Crippen LogP contribution in [-0.2, 0) is 14.3 Å². The number of imide groups is 1. The maximum absolute atomic E-state index is 12.1. The summed E-state index contributed by atoms with van der Waals surface area (Å²) in [6.07, 6.45) is 0.723. The van der Waals surface area contributed by atoms with Crippen LogP contribution >= 0.6 is 0 Å². The standard InChI is InChI=1S/C12H19NO4/c1-5-6-10(16-4)11(14)13-9(8(2)3)7-17-12(13)15/h5,8-10H,1,6-7H2,2-4H3/t9-,10-/m1/s1. The van der Waals surface area contributed by atoms with E-state index in [0.29, 0.717) is 6.42 Å². The maximum Gasteiger partial charge on any atom is 0.417 e. The summed E-state index contributed by atoms with van der Waals surface area (Å²) >= 11 is 0. The molecule has 1 fully saturated rings. The molecule has 0 spiro atoms. The van der Waals surface area contributed by atoms with Crippen LogP contribution in [0.2, 0.25) is 0 Å². The minimum absolute atomic E-state index is 0.159. The van der Waals surface area contributed by atoms with Crippen LogP contribution in [0, 0.1) is 5.92 Å². The molecule has 5 nitrogen and oxygen atoms in total. The summed E-state index contributed by atoms with van der Waals surface area (Å²) in [5, 5.41) is 0. The molecule has 0 aliphatic carbocycles. The van der Waals surface area contributed by atoms with Crippen molar-refractivity contribution in [2.24, 2.45) is 5.92 Å². The van der Waals surface area contributed by atoms with E-state index in [4.69, 9.17) is 9.47 Å². The van der Waals surface area contributed by atoms with Crippen LogP contribution < -0.4 is 0 Å². The Labute approximate surface area is 101 Å². The molecular weight excluding hydrogens is 222 g/mol. The number of nitrogens with zero attached hydrogens (tertiary/aromatic N) is 1. The minimum atomic E-state index is -0.667. The number of rotatable bonds is 5. The van der Waals surface area contributed by atoms with Crippen molar-refractivity contribution in [2.45, 2.75) is 32.4 Å². The highest BCUT2D eigenvalue weighted by atomic mass is 16.6. The van der Waals surface area contributed by atoms with Gasteiger partial charge in [0.2, 0.25) is 0 Å². The Morgan fingerprint density at radius 2 is 2.35 bits per heavy atom. The third-order valence-electron chi connectivity index (χ3n) is 2.85. The average Bonchev–Trinajstić information content (AvgIpc) is 2.67. The molecule has 0 aromatic carbocycles. The van der Waals surface area contributed by atoms with Gasteiger partial charge < -0.3 is 9.47 Å². The Morgan fingerprint density at radius 3 is 2.82 bits per heavy atom. The summed E-state index contributed by atoms with van der Waals surface area (Å²) in [6, 6.07) is -0.211. The van der Waals surface area contributed by atoms with Crippen LogP contribution in [0.4, 0.5) is 4.79 Å². The Bertz CT molecular complexity index is 314. The summed E-state index contributed by atoms with van der Waals surface area (Å²) in [4.78, 5) is 24.9. The highest BCUT2D eigenvalue weighted by Gasteiger charge is 2.41. The summed E-state index contributed by atoms with van der Waals surface area (Å²) in [5.74, 6) is -0.194. The first kappa shape index (κ1) is 13.7. The lowest BCUT2D eigenvalue weighted by molar-refractivity contribution is -0.140. The molecule has 2 amide bonds.